The zero-order chi connectivity index (χ0) is 23.4. The largest absolute Gasteiger partial charge is 0.497 e. The monoisotopic (exact) mass is 449 g/mol. The van der Waals surface area contributed by atoms with Gasteiger partial charge in [0.25, 0.3) is 5.91 Å². The number of benzene rings is 2. The van der Waals surface area contributed by atoms with Gasteiger partial charge in [-0.15, -0.1) is 0 Å². The Hall–Kier alpha value is -3.03. The predicted molar refractivity (Wildman–Crippen MR) is 112 cm³/mol. The summed E-state index contributed by atoms with van der Waals surface area (Å²) in [6.07, 6.45) is -4.18. The summed E-state index contributed by atoms with van der Waals surface area (Å²) >= 11 is 0. The van der Waals surface area contributed by atoms with Crippen molar-refractivity contribution in [3.05, 3.63) is 65.2 Å². The van der Waals surface area contributed by atoms with E-state index >= 15 is 0 Å². The molecule has 32 heavy (non-hydrogen) atoms. The first-order valence-corrected chi connectivity index (χ1v) is 10.5. The summed E-state index contributed by atoms with van der Waals surface area (Å²) in [5.74, 6) is -0.181. The van der Waals surface area contributed by atoms with Crippen molar-refractivity contribution >= 4 is 11.9 Å². The third-order valence-corrected chi connectivity index (χ3v) is 5.88. The van der Waals surface area contributed by atoms with Crippen LogP contribution in [0.2, 0.25) is 0 Å². The molecule has 0 saturated carbocycles. The van der Waals surface area contributed by atoms with Gasteiger partial charge in [0.2, 0.25) is 0 Å². The number of carbonyl (C=O) groups is 2. The highest BCUT2D eigenvalue weighted by Gasteiger charge is 2.45. The normalized spacial score (nSPS) is 15.8. The minimum Gasteiger partial charge on any atom is -0.497 e. The number of esters is 1. The number of methoxy groups -OCH3 is 1. The Kier molecular flexibility index (Phi) is 7.11. The Bertz CT molecular complexity index is 966. The van der Waals surface area contributed by atoms with Crippen LogP contribution >= 0.6 is 0 Å². The van der Waals surface area contributed by atoms with Crippen LogP contribution in [0.25, 0.3) is 0 Å². The number of amides is 1. The van der Waals surface area contributed by atoms with Gasteiger partial charge in [-0.05, 0) is 56.0 Å². The van der Waals surface area contributed by atoms with Gasteiger partial charge in [-0.25, -0.2) is 0 Å². The van der Waals surface area contributed by atoms with Crippen molar-refractivity contribution in [2.24, 2.45) is 5.41 Å². The molecule has 1 aliphatic heterocycles. The van der Waals surface area contributed by atoms with E-state index in [4.69, 9.17) is 9.47 Å². The second-order valence-corrected chi connectivity index (χ2v) is 7.86. The fourth-order valence-corrected chi connectivity index (χ4v) is 4.13. The first-order valence-electron chi connectivity index (χ1n) is 10.5. The lowest BCUT2D eigenvalue weighted by molar-refractivity contribution is -0.159. The van der Waals surface area contributed by atoms with E-state index in [0.717, 1.165) is 6.07 Å². The lowest BCUT2D eigenvalue weighted by atomic mass is 9.73. The van der Waals surface area contributed by atoms with Crippen LogP contribution in [0.1, 0.15) is 41.3 Å². The van der Waals surface area contributed by atoms with E-state index in [1.165, 1.54) is 25.3 Å². The van der Waals surface area contributed by atoms with Crippen molar-refractivity contribution in [1.29, 1.82) is 0 Å². The fraction of sp³-hybridized carbons (Fsp3) is 0.417. The Morgan fingerprint density at radius 2 is 1.75 bits per heavy atom. The van der Waals surface area contributed by atoms with Crippen LogP contribution in [0.3, 0.4) is 0 Å². The Morgan fingerprint density at radius 1 is 1.06 bits per heavy atom. The first-order chi connectivity index (χ1) is 15.2. The highest BCUT2D eigenvalue weighted by Crippen LogP contribution is 2.41. The smallest absolute Gasteiger partial charge is 0.416 e. The van der Waals surface area contributed by atoms with Crippen molar-refractivity contribution in [1.82, 2.24) is 4.90 Å². The molecule has 0 aliphatic carbocycles. The highest BCUT2D eigenvalue weighted by atomic mass is 19.4. The molecule has 8 heteroatoms. The molecule has 2 aromatic carbocycles. The van der Waals surface area contributed by atoms with Crippen molar-refractivity contribution in [2.75, 3.05) is 26.8 Å². The summed E-state index contributed by atoms with van der Waals surface area (Å²) in [7, 11) is 1.51. The standard InChI is InChI=1S/C24H26F3NO4/c1-3-32-22(30)23(16-18-7-4-5-10-20(18)24(25,26)27)11-13-28(14-12-23)21(29)17-8-6-9-19(15-17)31-2/h4-10,15H,3,11-14,16H2,1-2H3. The van der Waals surface area contributed by atoms with Gasteiger partial charge in [0, 0.05) is 18.7 Å². The number of carbonyl (C=O) groups excluding carboxylic acids is 2. The predicted octanol–water partition coefficient (Wildman–Crippen LogP) is 4.74. The van der Waals surface area contributed by atoms with E-state index < -0.39 is 23.1 Å². The molecule has 0 radical (unpaired) electrons. The maximum absolute atomic E-state index is 13.5. The lowest BCUT2D eigenvalue weighted by Crippen LogP contribution is -2.48. The quantitative estimate of drug-likeness (QED) is 0.598. The maximum Gasteiger partial charge on any atom is 0.416 e. The number of rotatable bonds is 6. The molecule has 1 amide bonds. The van der Waals surface area contributed by atoms with Crippen LogP contribution in [-0.2, 0) is 22.1 Å². The van der Waals surface area contributed by atoms with Crippen LogP contribution in [0.4, 0.5) is 13.2 Å². The molecule has 0 spiro atoms. The number of alkyl halides is 3. The number of nitrogens with zero attached hydrogens (tertiary/aromatic N) is 1. The van der Waals surface area contributed by atoms with Crippen LogP contribution in [-0.4, -0.2) is 43.6 Å². The van der Waals surface area contributed by atoms with Gasteiger partial charge < -0.3 is 14.4 Å². The summed E-state index contributed by atoms with van der Waals surface area (Å²) in [4.78, 5) is 27.4. The molecule has 0 unspecified atom stereocenters. The number of hydrogen-bond donors (Lipinski definition) is 0. The van der Waals surface area contributed by atoms with E-state index in [9.17, 15) is 22.8 Å². The van der Waals surface area contributed by atoms with E-state index in [1.807, 2.05) is 0 Å². The zero-order valence-electron chi connectivity index (χ0n) is 18.1. The summed E-state index contributed by atoms with van der Waals surface area (Å²) in [6.45, 7) is 2.27. The third-order valence-electron chi connectivity index (χ3n) is 5.88. The number of hydrogen-bond acceptors (Lipinski definition) is 4. The van der Waals surface area contributed by atoms with Gasteiger partial charge in [-0.2, -0.15) is 13.2 Å². The lowest BCUT2D eigenvalue weighted by Gasteiger charge is -2.40. The molecular formula is C24H26F3NO4. The molecule has 0 aromatic heterocycles. The molecule has 5 nitrogen and oxygen atoms in total. The SMILES string of the molecule is CCOC(=O)C1(Cc2ccccc2C(F)(F)F)CCN(C(=O)c2cccc(OC)c2)CC1. The number of halogens is 3. The molecule has 0 bridgehead atoms. The van der Waals surface area contributed by atoms with Crippen LogP contribution < -0.4 is 4.74 Å². The minimum absolute atomic E-state index is 0.0561. The summed E-state index contributed by atoms with van der Waals surface area (Å²) in [6, 6.07) is 12.0. The average Bonchev–Trinajstić information content (AvgIpc) is 2.79. The van der Waals surface area contributed by atoms with Crippen molar-refractivity contribution in [2.45, 2.75) is 32.4 Å². The Labute approximate surface area is 185 Å². The molecule has 1 heterocycles. The van der Waals surface area contributed by atoms with Crippen LogP contribution in [0, 0.1) is 5.41 Å². The molecule has 1 saturated heterocycles. The fourth-order valence-electron chi connectivity index (χ4n) is 4.13. The minimum atomic E-state index is -4.52. The summed E-state index contributed by atoms with van der Waals surface area (Å²) < 4.78 is 51.0. The summed E-state index contributed by atoms with van der Waals surface area (Å²) in [5, 5.41) is 0. The molecule has 1 fully saturated rings. The van der Waals surface area contributed by atoms with Gasteiger partial charge >= 0.3 is 12.1 Å². The zero-order valence-corrected chi connectivity index (χ0v) is 18.1. The number of likely N-dealkylation sites (tertiary alicyclic amines) is 1. The maximum atomic E-state index is 13.5. The molecule has 0 N–H and O–H groups in total. The van der Waals surface area contributed by atoms with Crippen molar-refractivity contribution in [3.63, 3.8) is 0 Å². The van der Waals surface area contributed by atoms with Crippen LogP contribution in [0.15, 0.2) is 48.5 Å². The van der Waals surface area contributed by atoms with E-state index in [0.29, 0.717) is 11.3 Å². The second kappa shape index (κ2) is 9.63. The average molecular weight is 449 g/mol. The van der Waals surface area contributed by atoms with E-state index in [-0.39, 0.29) is 50.4 Å². The molecule has 3 rings (SSSR count). The summed E-state index contributed by atoms with van der Waals surface area (Å²) in [5.41, 5.74) is -1.36. The molecule has 0 atom stereocenters. The van der Waals surface area contributed by atoms with Crippen molar-refractivity contribution in [3.8, 4) is 5.75 Å². The van der Waals surface area contributed by atoms with Crippen LogP contribution in [0.5, 0.6) is 5.75 Å². The molecule has 1 aliphatic rings. The van der Waals surface area contributed by atoms with Gasteiger partial charge in [0.05, 0.1) is 24.7 Å². The topological polar surface area (TPSA) is 55.8 Å². The Morgan fingerprint density at radius 3 is 2.38 bits per heavy atom. The highest BCUT2D eigenvalue weighted by molar-refractivity contribution is 5.94. The van der Waals surface area contributed by atoms with E-state index in [1.54, 1.807) is 36.1 Å². The first kappa shape index (κ1) is 23.6. The number of ether oxygens (including phenoxy) is 2. The molecule has 2 aromatic rings. The second-order valence-electron chi connectivity index (χ2n) is 7.86. The van der Waals surface area contributed by atoms with Gasteiger partial charge in [-0.1, -0.05) is 24.3 Å². The molecule has 172 valence electrons. The van der Waals surface area contributed by atoms with Gasteiger partial charge in [-0.3, -0.25) is 9.59 Å². The van der Waals surface area contributed by atoms with Gasteiger partial charge in [0.1, 0.15) is 5.75 Å². The van der Waals surface area contributed by atoms with Crippen molar-refractivity contribution < 1.29 is 32.2 Å². The van der Waals surface area contributed by atoms with E-state index in [2.05, 4.69) is 0 Å². The van der Waals surface area contributed by atoms with Gasteiger partial charge in [0.15, 0.2) is 0 Å². The number of piperidine rings is 1. The third kappa shape index (κ3) is 5.06. The molecular weight excluding hydrogens is 423 g/mol. The Balaban J connectivity index is 1.83.